The fourth-order valence-corrected chi connectivity index (χ4v) is 2.21. The minimum atomic E-state index is -0.989. The first-order valence-corrected chi connectivity index (χ1v) is 7.25. The van der Waals surface area contributed by atoms with E-state index in [-0.39, 0.29) is 11.2 Å². The molecular weight excluding hydrogens is 265 g/mol. The number of aromatic nitrogens is 1. The monoisotopic (exact) mass is 289 g/mol. The largest absolute Gasteiger partial charge is 0.487 e. The summed E-state index contributed by atoms with van der Waals surface area (Å²) in [4.78, 5) is 4.27. The number of nitrogens with zero attached hydrogens (tertiary/aromatic N) is 1. The Balaban J connectivity index is 2.21. The summed E-state index contributed by atoms with van der Waals surface area (Å²) in [6, 6.07) is 3.77. The van der Waals surface area contributed by atoms with Crippen LogP contribution in [0.4, 0.5) is 0 Å². The highest BCUT2D eigenvalue weighted by Gasteiger charge is 2.50. The standard InChI is InChI=1S/C16H24BNO3/c1-14(2,19)13-12(8-7-11-18-13)9-10-17-20-15(3,4)16(5,6)21-17/h7-11,19H,1-6H3/b10-9+. The fourth-order valence-electron chi connectivity index (χ4n) is 2.21. The van der Waals surface area contributed by atoms with Crippen LogP contribution < -0.4 is 0 Å². The van der Waals surface area contributed by atoms with Gasteiger partial charge in [0.15, 0.2) is 0 Å². The molecule has 114 valence electrons. The van der Waals surface area contributed by atoms with Crippen molar-refractivity contribution >= 4 is 13.2 Å². The van der Waals surface area contributed by atoms with E-state index in [2.05, 4.69) is 4.98 Å². The first-order chi connectivity index (χ1) is 9.53. The van der Waals surface area contributed by atoms with Crippen molar-refractivity contribution in [3.63, 3.8) is 0 Å². The third-order valence-electron chi connectivity index (χ3n) is 4.12. The van der Waals surface area contributed by atoms with Crippen molar-refractivity contribution in [1.29, 1.82) is 0 Å². The van der Waals surface area contributed by atoms with E-state index in [4.69, 9.17) is 9.31 Å². The average molecular weight is 289 g/mol. The Labute approximate surface area is 127 Å². The van der Waals surface area contributed by atoms with Gasteiger partial charge in [0.05, 0.1) is 16.9 Å². The summed E-state index contributed by atoms with van der Waals surface area (Å²) in [5.74, 6) is 1.86. The SMILES string of the molecule is CC(C)(O)c1ncccc1/C=C/B1OC(C)(C)C(C)(C)O1. The molecule has 1 aromatic heterocycles. The van der Waals surface area contributed by atoms with Gasteiger partial charge in [-0.15, -0.1) is 0 Å². The highest BCUT2D eigenvalue weighted by molar-refractivity contribution is 6.52. The molecule has 5 heteroatoms. The summed E-state index contributed by atoms with van der Waals surface area (Å²) in [7, 11) is -0.398. The molecule has 0 atom stereocenters. The van der Waals surface area contributed by atoms with Gasteiger partial charge in [0.25, 0.3) is 0 Å². The lowest BCUT2D eigenvalue weighted by molar-refractivity contribution is 0.00578. The third kappa shape index (κ3) is 3.36. The molecule has 0 spiro atoms. The quantitative estimate of drug-likeness (QED) is 0.869. The van der Waals surface area contributed by atoms with Crippen LogP contribution in [0.1, 0.15) is 52.8 Å². The lowest BCUT2D eigenvalue weighted by Gasteiger charge is -2.32. The maximum absolute atomic E-state index is 10.2. The van der Waals surface area contributed by atoms with Gasteiger partial charge in [0, 0.05) is 6.20 Å². The van der Waals surface area contributed by atoms with Gasteiger partial charge in [0.1, 0.15) is 5.60 Å². The van der Waals surface area contributed by atoms with Crippen LogP contribution in [0.3, 0.4) is 0 Å². The minimum Gasteiger partial charge on any atom is -0.400 e. The van der Waals surface area contributed by atoms with Gasteiger partial charge in [-0.3, -0.25) is 4.98 Å². The van der Waals surface area contributed by atoms with Crippen LogP contribution in [0.25, 0.3) is 6.08 Å². The highest BCUT2D eigenvalue weighted by atomic mass is 16.7. The Hall–Kier alpha value is -1.17. The molecule has 1 aromatic rings. The van der Waals surface area contributed by atoms with Crippen molar-refractivity contribution in [2.75, 3.05) is 0 Å². The summed E-state index contributed by atoms with van der Waals surface area (Å²) >= 11 is 0. The van der Waals surface area contributed by atoms with Crippen LogP contribution >= 0.6 is 0 Å². The third-order valence-corrected chi connectivity index (χ3v) is 4.12. The number of hydrogen-bond donors (Lipinski definition) is 1. The van der Waals surface area contributed by atoms with Crippen LogP contribution in [0.2, 0.25) is 0 Å². The summed E-state index contributed by atoms with van der Waals surface area (Å²) in [5.41, 5.74) is -0.194. The summed E-state index contributed by atoms with van der Waals surface area (Å²) < 4.78 is 11.8. The van der Waals surface area contributed by atoms with Crippen LogP contribution in [0.5, 0.6) is 0 Å². The second-order valence-electron chi connectivity index (χ2n) is 6.98. The molecule has 0 unspecified atom stereocenters. The zero-order chi connectivity index (χ0) is 15.9. The van der Waals surface area contributed by atoms with Gasteiger partial charge in [0.2, 0.25) is 0 Å². The molecule has 1 aliphatic rings. The van der Waals surface area contributed by atoms with E-state index < -0.39 is 12.7 Å². The van der Waals surface area contributed by atoms with E-state index in [0.717, 1.165) is 5.56 Å². The van der Waals surface area contributed by atoms with E-state index in [9.17, 15) is 5.11 Å². The molecule has 0 aliphatic carbocycles. The maximum atomic E-state index is 10.2. The first kappa shape index (κ1) is 16.2. The molecule has 1 N–H and O–H groups in total. The van der Waals surface area contributed by atoms with Crippen LogP contribution in [-0.4, -0.2) is 28.4 Å². The van der Waals surface area contributed by atoms with Gasteiger partial charge in [-0.25, -0.2) is 0 Å². The molecule has 0 amide bonds. The Morgan fingerprint density at radius 2 is 1.76 bits per heavy atom. The predicted molar refractivity (Wildman–Crippen MR) is 84.6 cm³/mol. The van der Waals surface area contributed by atoms with E-state index >= 15 is 0 Å². The normalized spacial score (nSPS) is 21.2. The van der Waals surface area contributed by atoms with Gasteiger partial charge in [-0.2, -0.15) is 0 Å². The molecule has 4 nitrogen and oxygen atoms in total. The zero-order valence-corrected chi connectivity index (χ0v) is 13.7. The Morgan fingerprint density at radius 1 is 1.19 bits per heavy atom. The highest BCUT2D eigenvalue weighted by Crippen LogP contribution is 2.37. The van der Waals surface area contributed by atoms with E-state index in [0.29, 0.717) is 5.69 Å². The van der Waals surface area contributed by atoms with Crippen molar-refractivity contribution in [3.8, 4) is 0 Å². The average Bonchev–Trinajstić information content (AvgIpc) is 2.54. The number of hydrogen-bond acceptors (Lipinski definition) is 4. The second kappa shape index (κ2) is 5.23. The van der Waals surface area contributed by atoms with Crippen molar-refractivity contribution < 1.29 is 14.4 Å². The predicted octanol–water partition coefficient (Wildman–Crippen LogP) is 2.95. The molecule has 2 rings (SSSR count). The summed E-state index contributed by atoms with van der Waals surface area (Å²) in [6.07, 6.45) is 3.57. The topological polar surface area (TPSA) is 51.6 Å². The fraction of sp³-hybridized carbons (Fsp3) is 0.562. The molecule has 0 bridgehead atoms. The maximum Gasteiger partial charge on any atom is 0.487 e. The Bertz CT molecular complexity index is 531. The number of rotatable bonds is 3. The van der Waals surface area contributed by atoms with Crippen LogP contribution in [0, 0.1) is 0 Å². The number of aliphatic hydroxyl groups is 1. The molecule has 2 heterocycles. The van der Waals surface area contributed by atoms with E-state index in [1.165, 1.54) is 0 Å². The lowest BCUT2D eigenvalue weighted by atomic mass is 9.88. The zero-order valence-electron chi connectivity index (χ0n) is 13.7. The van der Waals surface area contributed by atoms with E-state index in [1.54, 1.807) is 20.0 Å². The van der Waals surface area contributed by atoms with Gasteiger partial charge >= 0.3 is 7.12 Å². The van der Waals surface area contributed by atoms with E-state index in [1.807, 2.05) is 51.9 Å². The van der Waals surface area contributed by atoms with Crippen molar-refractivity contribution in [3.05, 3.63) is 35.6 Å². The van der Waals surface area contributed by atoms with Crippen molar-refractivity contribution in [2.24, 2.45) is 0 Å². The van der Waals surface area contributed by atoms with Gasteiger partial charge in [-0.05, 0) is 53.2 Å². The van der Waals surface area contributed by atoms with Gasteiger partial charge < -0.3 is 14.4 Å². The lowest BCUT2D eigenvalue weighted by Crippen LogP contribution is -2.41. The summed E-state index contributed by atoms with van der Waals surface area (Å²) in [5, 5.41) is 10.2. The molecule has 1 aliphatic heterocycles. The van der Waals surface area contributed by atoms with Crippen molar-refractivity contribution in [2.45, 2.75) is 58.3 Å². The van der Waals surface area contributed by atoms with Crippen molar-refractivity contribution in [1.82, 2.24) is 4.98 Å². The van der Waals surface area contributed by atoms with Gasteiger partial charge in [-0.1, -0.05) is 18.1 Å². The van der Waals surface area contributed by atoms with Crippen LogP contribution in [-0.2, 0) is 14.9 Å². The summed E-state index contributed by atoms with van der Waals surface area (Å²) in [6.45, 7) is 11.5. The Kier molecular flexibility index (Phi) is 4.04. The molecule has 21 heavy (non-hydrogen) atoms. The smallest absolute Gasteiger partial charge is 0.400 e. The molecule has 0 radical (unpaired) electrons. The molecule has 0 saturated carbocycles. The molecular formula is C16H24BNO3. The Morgan fingerprint density at radius 3 is 2.29 bits per heavy atom. The van der Waals surface area contributed by atoms with Crippen LogP contribution in [0.15, 0.2) is 24.3 Å². The molecule has 1 fully saturated rings. The first-order valence-electron chi connectivity index (χ1n) is 7.25. The number of pyridine rings is 1. The molecule has 1 saturated heterocycles. The molecule has 0 aromatic carbocycles. The minimum absolute atomic E-state index is 0.351. The second-order valence-corrected chi connectivity index (χ2v) is 6.98.